The van der Waals surface area contributed by atoms with Crippen molar-refractivity contribution in [2.24, 2.45) is 0 Å². The highest BCUT2D eigenvalue weighted by atomic mass is 32.2. The van der Waals surface area contributed by atoms with Crippen molar-refractivity contribution in [3.8, 4) is 0 Å². The highest BCUT2D eigenvalue weighted by molar-refractivity contribution is 7.92. The van der Waals surface area contributed by atoms with E-state index >= 15 is 0 Å². The maximum absolute atomic E-state index is 11.1. The van der Waals surface area contributed by atoms with E-state index in [4.69, 9.17) is 5.41 Å². The first-order valence-electron chi connectivity index (χ1n) is 4.36. The van der Waals surface area contributed by atoms with E-state index in [-0.39, 0.29) is 5.84 Å². The molecule has 1 N–H and O–H groups in total. The molecular weight excluding hydrogens is 188 g/mol. The van der Waals surface area contributed by atoms with Gasteiger partial charge < -0.3 is 4.90 Å². The maximum Gasteiger partial charge on any atom is 0.157 e. The maximum atomic E-state index is 11.1. The predicted molar refractivity (Wildman–Crippen MR) is 55.0 cm³/mol. The summed E-state index contributed by atoms with van der Waals surface area (Å²) in [4.78, 5) is 1.74. The van der Waals surface area contributed by atoms with Crippen LogP contribution in [0.2, 0.25) is 0 Å². The number of nitrogens with zero attached hydrogens (tertiary/aromatic N) is 1. The lowest BCUT2D eigenvalue weighted by Gasteiger charge is -2.24. The average Bonchev–Trinajstić information content (AvgIpc) is 2.03. The number of hydrogen-bond donors (Lipinski definition) is 1. The second-order valence-corrected chi connectivity index (χ2v) is 5.40. The van der Waals surface area contributed by atoms with Crippen LogP contribution in [0.5, 0.6) is 0 Å². The van der Waals surface area contributed by atoms with Gasteiger partial charge in [-0.25, -0.2) is 8.42 Å². The quantitative estimate of drug-likeness (QED) is 0.545. The summed E-state index contributed by atoms with van der Waals surface area (Å²) in [6.45, 7) is 6.72. The third kappa shape index (κ3) is 3.34. The van der Waals surface area contributed by atoms with Crippen molar-refractivity contribution in [1.29, 1.82) is 5.41 Å². The van der Waals surface area contributed by atoms with Crippen LogP contribution >= 0.6 is 0 Å². The molecule has 5 heteroatoms. The van der Waals surface area contributed by atoms with Gasteiger partial charge in [0.05, 0.1) is 0 Å². The van der Waals surface area contributed by atoms with Crippen molar-refractivity contribution in [3.63, 3.8) is 0 Å². The smallest absolute Gasteiger partial charge is 0.157 e. The average molecular weight is 206 g/mol. The molecule has 0 saturated heterocycles. The van der Waals surface area contributed by atoms with E-state index in [0.717, 1.165) is 6.26 Å². The summed E-state index contributed by atoms with van der Waals surface area (Å²) < 4.78 is 22.3. The number of nitrogens with one attached hydrogen (secondary N) is 1. The molecule has 1 unspecified atom stereocenters. The Morgan fingerprint density at radius 3 is 2.00 bits per heavy atom. The van der Waals surface area contributed by atoms with E-state index in [1.54, 1.807) is 11.8 Å². The van der Waals surface area contributed by atoms with Gasteiger partial charge in [0.25, 0.3) is 0 Å². The van der Waals surface area contributed by atoms with Crippen molar-refractivity contribution in [3.05, 3.63) is 0 Å². The van der Waals surface area contributed by atoms with E-state index < -0.39 is 15.1 Å². The van der Waals surface area contributed by atoms with E-state index in [9.17, 15) is 8.42 Å². The standard InChI is InChI=1S/C8H18N2O2S/c1-5-10(6-2)8(9)7(3)13(4,11)12/h7,9H,5-6H2,1-4H3. The molecule has 4 nitrogen and oxygen atoms in total. The van der Waals surface area contributed by atoms with Gasteiger partial charge in [0.2, 0.25) is 0 Å². The van der Waals surface area contributed by atoms with Crippen LogP contribution in [0.3, 0.4) is 0 Å². The second-order valence-electron chi connectivity index (χ2n) is 3.03. The number of amidine groups is 1. The van der Waals surface area contributed by atoms with E-state index in [2.05, 4.69) is 0 Å². The van der Waals surface area contributed by atoms with E-state index in [1.165, 1.54) is 0 Å². The molecule has 0 aliphatic carbocycles. The molecule has 0 aliphatic rings. The fourth-order valence-corrected chi connectivity index (χ4v) is 1.58. The third-order valence-corrected chi connectivity index (χ3v) is 3.64. The van der Waals surface area contributed by atoms with Crippen LogP contribution in [-0.4, -0.2) is 43.7 Å². The zero-order valence-corrected chi connectivity index (χ0v) is 9.48. The molecule has 0 radical (unpaired) electrons. The molecule has 0 spiro atoms. The van der Waals surface area contributed by atoms with Crippen LogP contribution in [0.4, 0.5) is 0 Å². The van der Waals surface area contributed by atoms with Crippen LogP contribution in [0, 0.1) is 5.41 Å². The molecule has 0 aliphatic heterocycles. The van der Waals surface area contributed by atoms with Crippen molar-refractivity contribution < 1.29 is 8.42 Å². The Morgan fingerprint density at radius 1 is 1.38 bits per heavy atom. The normalized spacial score (nSPS) is 13.8. The van der Waals surface area contributed by atoms with Crippen molar-refractivity contribution in [1.82, 2.24) is 4.90 Å². The summed E-state index contributed by atoms with van der Waals surface area (Å²) >= 11 is 0. The molecule has 78 valence electrons. The lowest BCUT2D eigenvalue weighted by Crippen LogP contribution is -2.40. The Hall–Kier alpha value is -0.580. The molecule has 0 aromatic carbocycles. The summed E-state index contributed by atoms with van der Waals surface area (Å²) in [6.07, 6.45) is 1.16. The SMILES string of the molecule is CCN(CC)C(=N)C(C)S(C)(=O)=O. The minimum atomic E-state index is -3.13. The fourth-order valence-electron chi connectivity index (χ4n) is 1.02. The minimum Gasteiger partial charge on any atom is -0.360 e. The van der Waals surface area contributed by atoms with E-state index in [0.29, 0.717) is 13.1 Å². The summed E-state index contributed by atoms with van der Waals surface area (Å²) in [6, 6.07) is 0. The Bertz CT molecular complexity index is 268. The van der Waals surface area contributed by atoms with Crippen LogP contribution < -0.4 is 0 Å². The number of hydrogen-bond acceptors (Lipinski definition) is 3. The molecule has 0 fully saturated rings. The lowest BCUT2D eigenvalue weighted by molar-refractivity contribution is 0.452. The van der Waals surface area contributed by atoms with Gasteiger partial charge in [-0.15, -0.1) is 0 Å². The Balaban J connectivity index is 4.60. The molecule has 0 amide bonds. The van der Waals surface area contributed by atoms with Gasteiger partial charge in [0, 0.05) is 19.3 Å². The highest BCUT2D eigenvalue weighted by Gasteiger charge is 2.23. The first kappa shape index (κ1) is 12.4. The molecule has 0 rings (SSSR count). The lowest BCUT2D eigenvalue weighted by atomic mass is 10.3. The summed E-state index contributed by atoms with van der Waals surface area (Å²) in [7, 11) is -3.13. The Morgan fingerprint density at radius 2 is 1.77 bits per heavy atom. The summed E-state index contributed by atoms with van der Waals surface area (Å²) in [5, 5.41) is 6.95. The topological polar surface area (TPSA) is 61.2 Å². The number of sulfone groups is 1. The molecule has 13 heavy (non-hydrogen) atoms. The summed E-state index contributed by atoms with van der Waals surface area (Å²) in [5.74, 6) is 0.188. The van der Waals surface area contributed by atoms with Gasteiger partial charge in [-0.2, -0.15) is 0 Å². The van der Waals surface area contributed by atoms with Crippen LogP contribution in [0.1, 0.15) is 20.8 Å². The Labute approximate surface area is 80.4 Å². The van der Waals surface area contributed by atoms with Gasteiger partial charge in [-0.3, -0.25) is 5.41 Å². The molecular formula is C8H18N2O2S. The van der Waals surface area contributed by atoms with Gasteiger partial charge >= 0.3 is 0 Å². The van der Waals surface area contributed by atoms with Crippen molar-refractivity contribution in [2.45, 2.75) is 26.0 Å². The Kier molecular flexibility index (Phi) is 4.39. The molecule has 0 aromatic heterocycles. The zero-order valence-electron chi connectivity index (χ0n) is 8.66. The second kappa shape index (κ2) is 4.60. The molecule has 0 aromatic rings. The summed E-state index contributed by atoms with van der Waals surface area (Å²) in [5.41, 5.74) is 0. The highest BCUT2D eigenvalue weighted by Crippen LogP contribution is 2.03. The van der Waals surface area contributed by atoms with Crippen molar-refractivity contribution in [2.75, 3.05) is 19.3 Å². The van der Waals surface area contributed by atoms with Gasteiger partial charge in [-0.1, -0.05) is 0 Å². The molecule has 0 bridgehead atoms. The van der Waals surface area contributed by atoms with Gasteiger partial charge in [-0.05, 0) is 20.8 Å². The number of rotatable bonds is 4. The predicted octanol–water partition coefficient (Wildman–Crippen LogP) is 0.739. The molecule has 1 atom stereocenters. The van der Waals surface area contributed by atoms with Crippen LogP contribution in [-0.2, 0) is 9.84 Å². The molecule has 0 saturated carbocycles. The largest absolute Gasteiger partial charge is 0.360 e. The first-order chi connectivity index (χ1) is 5.84. The van der Waals surface area contributed by atoms with Gasteiger partial charge in [0.15, 0.2) is 9.84 Å². The monoisotopic (exact) mass is 206 g/mol. The van der Waals surface area contributed by atoms with E-state index in [1.807, 2.05) is 13.8 Å². The minimum absolute atomic E-state index is 0.188. The van der Waals surface area contributed by atoms with Gasteiger partial charge in [0.1, 0.15) is 11.1 Å². The third-order valence-electron chi connectivity index (χ3n) is 2.13. The van der Waals surface area contributed by atoms with Crippen LogP contribution in [0.15, 0.2) is 0 Å². The zero-order chi connectivity index (χ0) is 10.6. The molecule has 0 heterocycles. The fraction of sp³-hybridized carbons (Fsp3) is 0.875. The first-order valence-corrected chi connectivity index (χ1v) is 6.32. The van der Waals surface area contributed by atoms with Crippen LogP contribution in [0.25, 0.3) is 0 Å². The van der Waals surface area contributed by atoms with Crippen molar-refractivity contribution >= 4 is 15.7 Å².